The number of hydrogen-bond donors (Lipinski definition) is 1. The molecule has 0 aliphatic rings. The fraction of sp³-hybridized carbons (Fsp3) is 0.364. The van der Waals surface area contributed by atoms with Gasteiger partial charge in [0.15, 0.2) is 0 Å². The van der Waals surface area contributed by atoms with Crippen LogP contribution >= 0.6 is 0 Å². The van der Waals surface area contributed by atoms with E-state index < -0.39 is 0 Å². The normalized spacial score (nSPS) is 9.20. The number of rotatable bonds is 4. The third kappa shape index (κ3) is 4.76. The number of esters is 1. The van der Waals surface area contributed by atoms with Gasteiger partial charge in [0, 0.05) is 0 Å². The van der Waals surface area contributed by atoms with Crippen molar-refractivity contribution in [3.63, 3.8) is 0 Å². The third-order valence-electron chi connectivity index (χ3n) is 1.84. The van der Waals surface area contributed by atoms with Gasteiger partial charge in [-0.25, -0.2) is 4.79 Å². The van der Waals surface area contributed by atoms with E-state index in [9.17, 15) is 4.79 Å². The first kappa shape index (κ1) is 15.3. The molecule has 0 saturated carbocycles. The Morgan fingerprint density at radius 2 is 2.07 bits per heavy atom. The first-order valence-corrected chi connectivity index (χ1v) is 4.65. The Morgan fingerprint density at radius 3 is 2.67 bits per heavy atom. The van der Waals surface area contributed by atoms with Crippen molar-refractivity contribution in [2.45, 2.75) is 20.0 Å². The molecular formula is C11H15KO3. The van der Waals surface area contributed by atoms with Gasteiger partial charge in [-0.3, -0.25) is 0 Å². The van der Waals surface area contributed by atoms with Gasteiger partial charge < -0.3 is 9.84 Å². The summed E-state index contributed by atoms with van der Waals surface area (Å²) in [4.78, 5) is 11.4. The SMILES string of the molecule is CCCOC(=O)c1ccccc1CO.[KH]. The maximum absolute atomic E-state index is 11.4. The van der Waals surface area contributed by atoms with Crippen molar-refractivity contribution < 1.29 is 14.6 Å². The van der Waals surface area contributed by atoms with Crippen LogP contribution in [0.4, 0.5) is 0 Å². The summed E-state index contributed by atoms with van der Waals surface area (Å²) >= 11 is 0. The molecule has 0 aliphatic carbocycles. The zero-order valence-electron chi connectivity index (χ0n) is 8.19. The van der Waals surface area contributed by atoms with E-state index in [1.54, 1.807) is 24.3 Å². The van der Waals surface area contributed by atoms with Crippen LogP contribution in [0, 0.1) is 0 Å². The molecule has 0 spiro atoms. The zero-order chi connectivity index (χ0) is 10.4. The molecule has 1 rings (SSSR count). The van der Waals surface area contributed by atoms with Crippen LogP contribution in [0.2, 0.25) is 0 Å². The number of benzene rings is 1. The van der Waals surface area contributed by atoms with Gasteiger partial charge in [0.1, 0.15) is 0 Å². The van der Waals surface area contributed by atoms with Gasteiger partial charge in [0.05, 0.1) is 18.8 Å². The Hall–Kier alpha value is 0.286. The number of hydrogen-bond acceptors (Lipinski definition) is 3. The van der Waals surface area contributed by atoms with E-state index in [1.807, 2.05) is 6.92 Å². The van der Waals surface area contributed by atoms with Crippen LogP contribution in [-0.4, -0.2) is 69.1 Å². The number of carbonyl (C=O) groups excluding carboxylic acids is 1. The van der Waals surface area contributed by atoms with E-state index >= 15 is 0 Å². The predicted molar refractivity (Wildman–Crippen MR) is 60.1 cm³/mol. The van der Waals surface area contributed by atoms with Gasteiger partial charge in [-0.2, -0.15) is 0 Å². The number of carbonyl (C=O) groups is 1. The monoisotopic (exact) mass is 234 g/mol. The van der Waals surface area contributed by atoms with Gasteiger partial charge in [-0.05, 0) is 18.1 Å². The molecule has 1 aromatic carbocycles. The van der Waals surface area contributed by atoms with Crippen molar-refractivity contribution in [2.24, 2.45) is 0 Å². The average molecular weight is 234 g/mol. The molecular weight excluding hydrogens is 219 g/mol. The van der Waals surface area contributed by atoms with E-state index in [1.165, 1.54) is 0 Å². The standard InChI is InChI=1S/C11H14O3.K.H/c1-2-7-14-11(13)10-6-4-3-5-9(10)8-12;;/h3-6,12H,2,7-8H2,1H3;;. The van der Waals surface area contributed by atoms with Crippen LogP contribution < -0.4 is 0 Å². The summed E-state index contributed by atoms with van der Waals surface area (Å²) in [7, 11) is 0. The first-order chi connectivity index (χ1) is 6.79. The summed E-state index contributed by atoms with van der Waals surface area (Å²) in [6.07, 6.45) is 0.799. The molecule has 0 aromatic heterocycles. The molecule has 0 bridgehead atoms. The molecule has 78 valence electrons. The number of aliphatic hydroxyl groups excluding tert-OH is 1. The van der Waals surface area contributed by atoms with Gasteiger partial charge >= 0.3 is 57.4 Å². The predicted octanol–water partition coefficient (Wildman–Crippen LogP) is 1.10. The number of ether oxygens (including phenoxy) is 1. The van der Waals surface area contributed by atoms with E-state index in [0.29, 0.717) is 17.7 Å². The molecule has 0 radical (unpaired) electrons. The quantitative estimate of drug-likeness (QED) is 0.627. The second-order valence-electron chi connectivity index (χ2n) is 2.95. The van der Waals surface area contributed by atoms with Crippen molar-refractivity contribution >= 4 is 57.4 Å². The van der Waals surface area contributed by atoms with Crippen molar-refractivity contribution in [1.82, 2.24) is 0 Å². The van der Waals surface area contributed by atoms with E-state index in [0.717, 1.165) is 6.42 Å². The van der Waals surface area contributed by atoms with Crippen LogP contribution in [0.1, 0.15) is 29.3 Å². The first-order valence-electron chi connectivity index (χ1n) is 4.65. The van der Waals surface area contributed by atoms with E-state index in [4.69, 9.17) is 9.84 Å². The Morgan fingerprint density at radius 1 is 1.40 bits per heavy atom. The van der Waals surface area contributed by atoms with Gasteiger partial charge in [0.2, 0.25) is 0 Å². The van der Waals surface area contributed by atoms with Gasteiger partial charge in [-0.15, -0.1) is 0 Å². The zero-order valence-corrected chi connectivity index (χ0v) is 8.19. The molecule has 1 N–H and O–H groups in total. The van der Waals surface area contributed by atoms with E-state index in [-0.39, 0.29) is 64.0 Å². The minimum atomic E-state index is -0.364. The van der Waals surface area contributed by atoms with Gasteiger partial charge in [-0.1, -0.05) is 25.1 Å². The topological polar surface area (TPSA) is 46.5 Å². The summed E-state index contributed by atoms with van der Waals surface area (Å²) in [6, 6.07) is 6.90. The summed E-state index contributed by atoms with van der Waals surface area (Å²) in [5.74, 6) is -0.364. The van der Waals surface area contributed by atoms with Crippen molar-refractivity contribution in [1.29, 1.82) is 0 Å². The molecule has 4 heteroatoms. The van der Waals surface area contributed by atoms with Crippen molar-refractivity contribution in [3.05, 3.63) is 35.4 Å². The molecule has 1 aromatic rings. The minimum absolute atomic E-state index is 0. The summed E-state index contributed by atoms with van der Waals surface area (Å²) in [6.45, 7) is 2.21. The summed E-state index contributed by atoms with van der Waals surface area (Å²) < 4.78 is 4.97. The molecule has 0 amide bonds. The van der Waals surface area contributed by atoms with E-state index in [2.05, 4.69) is 0 Å². The molecule has 0 atom stereocenters. The molecule has 0 aliphatic heterocycles. The van der Waals surface area contributed by atoms with Crippen LogP contribution in [-0.2, 0) is 11.3 Å². The summed E-state index contributed by atoms with van der Waals surface area (Å²) in [5.41, 5.74) is 1.05. The van der Waals surface area contributed by atoms with Gasteiger partial charge in [0.25, 0.3) is 0 Å². The van der Waals surface area contributed by atoms with Crippen LogP contribution in [0.3, 0.4) is 0 Å². The van der Waals surface area contributed by atoms with Crippen molar-refractivity contribution in [3.8, 4) is 0 Å². The Kier molecular flexibility index (Phi) is 8.60. The molecule has 15 heavy (non-hydrogen) atoms. The Bertz CT molecular complexity index is 312. The van der Waals surface area contributed by atoms with Crippen LogP contribution in [0.5, 0.6) is 0 Å². The Labute approximate surface area is 132 Å². The fourth-order valence-electron chi connectivity index (χ4n) is 1.13. The van der Waals surface area contributed by atoms with Crippen LogP contribution in [0.25, 0.3) is 0 Å². The summed E-state index contributed by atoms with van der Waals surface area (Å²) in [5, 5.41) is 8.98. The average Bonchev–Trinajstić information content (AvgIpc) is 2.25. The molecule has 3 nitrogen and oxygen atoms in total. The van der Waals surface area contributed by atoms with Crippen molar-refractivity contribution in [2.75, 3.05) is 6.61 Å². The van der Waals surface area contributed by atoms with Crippen LogP contribution in [0.15, 0.2) is 24.3 Å². The fourth-order valence-corrected chi connectivity index (χ4v) is 1.13. The molecule has 0 unspecified atom stereocenters. The number of aliphatic hydroxyl groups is 1. The Balaban J connectivity index is 0.00000196. The third-order valence-corrected chi connectivity index (χ3v) is 1.84. The molecule has 0 fully saturated rings. The molecule has 0 heterocycles. The molecule has 0 saturated heterocycles. The maximum atomic E-state index is 11.4. The second kappa shape index (κ2) is 8.44. The second-order valence-corrected chi connectivity index (χ2v) is 2.95.